The van der Waals surface area contributed by atoms with Gasteiger partial charge in [0.05, 0.1) is 0 Å². The van der Waals surface area contributed by atoms with Crippen molar-refractivity contribution < 1.29 is 18.3 Å². The lowest BCUT2D eigenvalue weighted by molar-refractivity contribution is -0.119. The topological polar surface area (TPSA) is 64.4 Å². The van der Waals surface area contributed by atoms with Gasteiger partial charge in [0.2, 0.25) is 0 Å². The zero-order chi connectivity index (χ0) is 15.2. The van der Waals surface area contributed by atoms with Gasteiger partial charge in [0.1, 0.15) is 17.4 Å². The summed E-state index contributed by atoms with van der Waals surface area (Å²) in [6, 6.07) is 10.2. The zero-order valence-corrected chi connectivity index (χ0v) is 11.1. The van der Waals surface area contributed by atoms with Gasteiger partial charge in [0, 0.05) is 18.3 Å². The molecule has 110 valence electrons. The molecule has 0 radical (unpaired) electrons. The van der Waals surface area contributed by atoms with Gasteiger partial charge in [0.25, 0.3) is 5.91 Å². The smallest absolute Gasteiger partial charge is 0.255 e. The van der Waals surface area contributed by atoms with Crippen LogP contribution >= 0.6 is 0 Å². The number of amides is 1. The second-order valence-corrected chi connectivity index (χ2v) is 4.41. The summed E-state index contributed by atoms with van der Waals surface area (Å²) >= 11 is 0. The summed E-state index contributed by atoms with van der Waals surface area (Å²) in [5.74, 6) is -1.29. The molecule has 21 heavy (non-hydrogen) atoms. The van der Waals surface area contributed by atoms with Crippen LogP contribution in [0, 0.1) is 11.6 Å². The molecule has 4 nitrogen and oxygen atoms in total. The number of ether oxygens (including phenoxy) is 1. The minimum absolute atomic E-state index is 0.180. The number of anilines is 1. The van der Waals surface area contributed by atoms with Crippen LogP contribution in [0.4, 0.5) is 14.5 Å². The van der Waals surface area contributed by atoms with E-state index in [-0.39, 0.29) is 6.61 Å². The van der Waals surface area contributed by atoms with Crippen molar-refractivity contribution in [1.29, 1.82) is 0 Å². The highest BCUT2D eigenvalue weighted by atomic mass is 19.1. The summed E-state index contributed by atoms with van der Waals surface area (Å²) in [6.45, 7) is 0.221. The first-order valence-corrected chi connectivity index (χ1v) is 6.23. The molecule has 2 aromatic carbocycles. The normalized spacial score (nSPS) is 10.2. The van der Waals surface area contributed by atoms with Crippen molar-refractivity contribution in [2.24, 2.45) is 5.73 Å². The van der Waals surface area contributed by atoms with E-state index in [1.54, 1.807) is 24.3 Å². The fraction of sp³-hybridized carbons (Fsp3) is 0.133. The number of carbonyl (C=O) groups is 1. The number of rotatable bonds is 6. The number of halogens is 2. The van der Waals surface area contributed by atoms with Gasteiger partial charge >= 0.3 is 0 Å². The number of primary amides is 1. The molecule has 1 amide bonds. The Hall–Kier alpha value is -2.63. The van der Waals surface area contributed by atoms with Crippen molar-refractivity contribution >= 4 is 11.6 Å². The summed E-state index contributed by atoms with van der Waals surface area (Å²) in [5.41, 5.74) is 6.23. The van der Waals surface area contributed by atoms with E-state index >= 15 is 0 Å². The molecular weight excluding hydrogens is 278 g/mol. The Morgan fingerprint density at radius 3 is 2.29 bits per heavy atom. The number of nitrogens with two attached hydrogens (primary N) is 1. The first kappa shape index (κ1) is 14.8. The molecule has 0 heterocycles. The van der Waals surface area contributed by atoms with Gasteiger partial charge in [-0.15, -0.1) is 0 Å². The van der Waals surface area contributed by atoms with Crippen LogP contribution in [0.5, 0.6) is 5.75 Å². The highest BCUT2D eigenvalue weighted by Crippen LogP contribution is 2.16. The molecule has 0 saturated heterocycles. The van der Waals surface area contributed by atoms with Crippen molar-refractivity contribution in [3.05, 3.63) is 59.7 Å². The molecule has 0 aliphatic carbocycles. The van der Waals surface area contributed by atoms with E-state index < -0.39 is 17.5 Å². The standard InChI is InChI=1S/C15H14F2N2O2/c16-11-5-12(17)7-13(6-11)19-8-10-1-3-14(4-2-10)21-9-15(18)20/h1-7,19H,8-9H2,(H2,18,20). The van der Waals surface area contributed by atoms with Crippen molar-refractivity contribution in [3.63, 3.8) is 0 Å². The fourth-order valence-corrected chi connectivity index (χ4v) is 1.72. The van der Waals surface area contributed by atoms with Gasteiger partial charge in [-0.1, -0.05) is 12.1 Å². The van der Waals surface area contributed by atoms with Crippen LogP contribution in [-0.4, -0.2) is 12.5 Å². The van der Waals surface area contributed by atoms with Crippen molar-refractivity contribution in [2.75, 3.05) is 11.9 Å². The third-order valence-corrected chi connectivity index (χ3v) is 2.66. The maximum Gasteiger partial charge on any atom is 0.255 e. The highest BCUT2D eigenvalue weighted by Gasteiger charge is 2.01. The molecule has 0 spiro atoms. The summed E-state index contributed by atoms with van der Waals surface area (Å²) in [5, 5.41) is 2.92. The van der Waals surface area contributed by atoms with E-state index in [4.69, 9.17) is 10.5 Å². The number of benzene rings is 2. The minimum atomic E-state index is -0.632. The minimum Gasteiger partial charge on any atom is -0.484 e. The summed E-state index contributed by atoms with van der Waals surface area (Å²) in [4.78, 5) is 10.6. The fourth-order valence-electron chi connectivity index (χ4n) is 1.72. The van der Waals surface area contributed by atoms with Crippen LogP contribution in [-0.2, 0) is 11.3 Å². The molecule has 0 bridgehead atoms. The molecule has 6 heteroatoms. The average Bonchev–Trinajstić information content (AvgIpc) is 2.43. The van der Waals surface area contributed by atoms with Crippen LogP contribution in [0.15, 0.2) is 42.5 Å². The maximum absolute atomic E-state index is 13.0. The molecule has 0 fully saturated rings. The molecule has 2 aromatic rings. The molecule has 0 atom stereocenters. The lowest BCUT2D eigenvalue weighted by Crippen LogP contribution is -2.19. The highest BCUT2D eigenvalue weighted by molar-refractivity contribution is 5.75. The van der Waals surface area contributed by atoms with Crippen LogP contribution in [0.3, 0.4) is 0 Å². The Morgan fingerprint density at radius 2 is 1.71 bits per heavy atom. The first-order valence-electron chi connectivity index (χ1n) is 6.23. The summed E-state index contributed by atoms with van der Waals surface area (Å²) in [7, 11) is 0. The molecule has 0 unspecified atom stereocenters. The van der Waals surface area contributed by atoms with Gasteiger partial charge in [0.15, 0.2) is 6.61 Å². The first-order chi connectivity index (χ1) is 10.0. The van der Waals surface area contributed by atoms with Gasteiger partial charge in [-0.25, -0.2) is 8.78 Å². The SMILES string of the molecule is NC(=O)COc1ccc(CNc2cc(F)cc(F)c2)cc1. The molecule has 0 saturated carbocycles. The zero-order valence-electron chi connectivity index (χ0n) is 11.1. The monoisotopic (exact) mass is 292 g/mol. The van der Waals surface area contributed by atoms with Gasteiger partial charge < -0.3 is 15.8 Å². The van der Waals surface area contributed by atoms with Gasteiger partial charge in [-0.05, 0) is 29.8 Å². The van der Waals surface area contributed by atoms with Crippen LogP contribution in [0.25, 0.3) is 0 Å². The van der Waals surface area contributed by atoms with E-state index in [0.29, 0.717) is 18.0 Å². The van der Waals surface area contributed by atoms with E-state index in [0.717, 1.165) is 11.6 Å². The van der Waals surface area contributed by atoms with E-state index in [1.807, 2.05) is 0 Å². The Kier molecular flexibility index (Phi) is 4.71. The molecule has 3 N–H and O–H groups in total. The average molecular weight is 292 g/mol. The molecular formula is C15H14F2N2O2. The Bertz CT molecular complexity index is 610. The number of nitrogens with one attached hydrogen (secondary N) is 1. The van der Waals surface area contributed by atoms with Crippen molar-refractivity contribution in [3.8, 4) is 5.75 Å². The van der Waals surface area contributed by atoms with Gasteiger partial charge in [-0.3, -0.25) is 4.79 Å². The molecule has 0 aliphatic heterocycles. The number of hydrogen-bond acceptors (Lipinski definition) is 3. The van der Waals surface area contributed by atoms with Gasteiger partial charge in [-0.2, -0.15) is 0 Å². The largest absolute Gasteiger partial charge is 0.484 e. The third kappa shape index (κ3) is 4.76. The molecule has 0 aliphatic rings. The summed E-state index contributed by atoms with van der Waals surface area (Å²) < 4.78 is 31.2. The van der Waals surface area contributed by atoms with Crippen LogP contribution in [0.2, 0.25) is 0 Å². The number of hydrogen-bond donors (Lipinski definition) is 2. The Labute approximate surface area is 120 Å². The number of carbonyl (C=O) groups excluding carboxylic acids is 1. The summed E-state index contributed by atoms with van der Waals surface area (Å²) in [6.07, 6.45) is 0. The van der Waals surface area contributed by atoms with Crippen LogP contribution < -0.4 is 15.8 Å². The lowest BCUT2D eigenvalue weighted by Gasteiger charge is -2.08. The Morgan fingerprint density at radius 1 is 1.10 bits per heavy atom. The van der Waals surface area contributed by atoms with Crippen LogP contribution in [0.1, 0.15) is 5.56 Å². The van der Waals surface area contributed by atoms with Crippen molar-refractivity contribution in [1.82, 2.24) is 0 Å². The van der Waals surface area contributed by atoms with E-state index in [1.165, 1.54) is 12.1 Å². The second kappa shape index (κ2) is 6.69. The van der Waals surface area contributed by atoms with E-state index in [2.05, 4.69) is 5.32 Å². The quantitative estimate of drug-likeness (QED) is 0.859. The molecule has 2 rings (SSSR count). The predicted octanol–water partition coefficient (Wildman–Crippen LogP) is 2.44. The third-order valence-electron chi connectivity index (χ3n) is 2.66. The predicted molar refractivity (Wildman–Crippen MR) is 74.8 cm³/mol. The lowest BCUT2D eigenvalue weighted by atomic mass is 10.2. The van der Waals surface area contributed by atoms with Crippen molar-refractivity contribution in [2.45, 2.75) is 6.54 Å². The van der Waals surface area contributed by atoms with E-state index in [9.17, 15) is 13.6 Å². The Balaban J connectivity index is 1.92. The maximum atomic E-state index is 13.0. The molecule has 0 aromatic heterocycles. The second-order valence-electron chi connectivity index (χ2n) is 4.41.